The Morgan fingerprint density at radius 3 is 2.38 bits per heavy atom. The minimum Gasteiger partial charge on any atom is -0.344 e. The van der Waals surface area contributed by atoms with Gasteiger partial charge >= 0.3 is 0 Å². The standard InChI is InChI=1S/C10H22N2O/c1-6-8(2)7-12(5)10(13)9(3)11-4/h8-9,11H,6-7H2,1-5H3. The summed E-state index contributed by atoms with van der Waals surface area (Å²) in [6.45, 7) is 7.04. The monoisotopic (exact) mass is 186 g/mol. The second kappa shape index (κ2) is 5.97. The summed E-state index contributed by atoms with van der Waals surface area (Å²) in [4.78, 5) is 13.4. The zero-order valence-electron chi connectivity index (χ0n) is 9.42. The van der Waals surface area contributed by atoms with Gasteiger partial charge in [-0.15, -0.1) is 0 Å². The average molecular weight is 186 g/mol. The van der Waals surface area contributed by atoms with Crippen LogP contribution in [0.2, 0.25) is 0 Å². The molecule has 0 aromatic heterocycles. The molecule has 0 radical (unpaired) electrons. The summed E-state index contributed by atoms with van der Waals surface area (Å²) in [5.41, 5.74) is 0. The van der Waals surface area contributed by atoms with E-state index in [0.717, 1.165) is 13.0 Å². The van der Waals surface area contributed by atoms with Crippen molar-refractivity contribution in [3.63, 3.8) is 0 Å². The Morgan fingerprint density at radius 2 is 2.00 bits per heavy atom. The van der Waals surface area contributed by atoms with E-state index in [1.54, 1.807) is 11.9 Å². The van der Waals surface area contributed by atoms with Gasteiger partial charge in [-0.1, -0.05) is 20.3 Å². The average Bonchev–Trinajstić information content (AvgIpc) is 2.14. The quantitative estimate of drug-likeness (QED) is 0.697. The summed E-state index contributed by atoms with van der Waals surface area (Å²) < 4.78 is 0. The summed E-state index contributed by atoms with van der Waals surface area (Å²) in [6.07, 6.45) is 1.12. The molecule has 13 heavy (non-hydrogen) atoms. The lowest BCUT2D eigenvalue weighted by atomic mass is 10.1. The van der Waals surface area contributed by atoms with Gasteiger partial charge in [0, 0.05) is 13.6 Å². The number of nitrogens with zero attached hydrogens (tertiary/aromatic N) is 1. The molecule has 0 aromatic carbocycles. The molecule has 2 unspecified atom stereocenters. The third-order valence-electron chi connectivity index (χ3n) is 2.46. The van der Waals surface area contributed by atoms with E-state index in [0.29, 0.717) is 5.92 Å². The first kappa shape index (κ1) is 12.4. The molecule has 0 saturated heterocycles. The molecule has 1 amide bonds. The van der Waals surface area contributed by atoms with E-state index in [9.17, 15) is 4.79 Å². The summed E-state index contributed by atoms with van der Waals surface area (Å²) in [5, 5.41) is 2.95. The van der Waals surface area contributed by atoms with E-state index in [2.05, 4.69) is 19.2 Å². The Bertz CT molecular complexity index is 159. The van der Waals surface area contributed by atoms with Crippen LogP contribution in [0.3, 0.4) is 0 Å². The Morgan fingerprint density at radius 1 is 1.46 bits per heavy atom. The van der Waals surface area contributed by atoms with Crippen molar-refractivity contribution in [2.75, 3.05) is 20.6 Å². The number of amides is 1. The largest absolute Gasteiger partial charge is 0.344 e. The first-order valence-corrected chi connectivity index (χ1v) is 4.95. The van der Waals surface area contributed by atoms with E-state index in [1.807, 2.05) is 14.0 Å². The zero-order chi connectivity index (χ0) is 10.4. The minimum absolute atomic E-state index is 0.0749. The topological polar surface area (TPSA) is 32.3 Å². The highest BCUT2D eigenvalue weighted by molar-refractivity contribution is 5.81. The highest BCUT2D eigenvalue weighted by Crippen LogP contribution is 2.03. The highest BCUT2D eigenvalue weighted by atomic mass is 16.2. The molecule has 0 aliphatic carbocycles. The molecule has 0 rings (SSSR count). The van der Waals surface area contributed by atoms with Crippen molar-refractivity contribution in [2.45, 2.75) is 33.2 Å². The molecule has 2 atom stereocenters. The van der Waals surface area contributed by atoms with E-state index in [1.165, 1.54) is 0 Å². The van der Waals surface area contributed by atoms with Crippen molar-refractivity contribution < 1.29 is 4.79 Å². The number of carbonyl (C=O) groups is 1. The van der Waals surface area contributed by atoms with Crippen molar-refractivity contribution in [2.24, 2.45) is 5.92 Å². The summed E-state index contributed by atoms with van der Waals surface area (Å²) in [7, 11) is 3.67. The Balaban J connectivity index is 3.95. The molecule has 0 bridgehead atoms. The van der Waals surface area contributed by atoms with Crippen LogP contribution in [0.1, 0.15) is 27.2 Å². The highest BCUT2D eigenvalue weighted by Gasteiger charge is 2.16. The van der Waals surface area contributed by atoms with Crippen molar-refractivity contribution >= 4 is 5.91 Å². The molecule has 3 heteroatoms. The zero-order valence-corrected chi connectivity index (χ0v) is 9.42. The van der Waals surface area contributed by atoms with Crippen LogP contribution in [0, 0.1) is 5.92 Å². The van der Waals surface area contributed by atoms with Crippen molar-refractivity contribution in [1.82, 2.24) is 10.2 Å². The fourth-order valence-electron chi connectivity index (χ4n) is 1.14. The second-order valence-corrected chi connectivity index (χ2v) is 3.74. The summed E-state index contributed by atoms with van der Waals surface area (Å²) >= 11 is 0. The van der Waals surface area contributed by atoms with Crippen molar-refractivity contribution in [3.05, 3.63) is 0 Å². The van der Waals surface area contributed by atoms with Gasteiger partial charge in [-0.3, -0.25) is 4.79 Å². The van der Waals surface area contributed by atoms with Crippen molar-refractivity contribution in [3.8, 4) is 0 Å². The molecule has 0 saturated carbocycles. The molecular weight excluding hydrogens is 164 g/mol. The molecular formula is C10H22N2O. The Kier molecular flexibility index (Phi) is 5.71. The number of likely N-dealkylation sites (N-methyl/N-ethyl adjacent to an activating group) is 2. The summed E-state index contributed by atoms with van der Waals surface area (Å²) in [5.74, 6) is 0.751. The van der Waals surface area contributed by atoms with Gasteiger partial charge in [0.2, 0.25) is 5.91 Å². The maximum Gasteiger partial charge on any atom is 0.239 e. The van der Waals surface area contributed by atoms with E-state index in [-0.39, 0.29) is 11.9 Å². The van der Waals surface area contributed by atoms with Crippen LogP contribution in [0.5, 0.6) is 0 Å². The molecule has 1 N–H and O–H groups in total. The SMILES string of the molecule is CCC(C)CN(C)C(=O)C(C)NC. The molecule has 0 aliphatic rings. The molecule has 0 aliphatic heterocycles. The molecule has 0 spiro atoms. The van der Waals surface area contributed by atoms with Crippen LogP contribution in [-0.4, -0.2) is 37.5 Å². The van der Waals surface area contributed by atoms with Crippen LogP contribution >= 0.6 is 0 Å². The number of carbonyl (C=O) groups excluding carboxylic acids is 1. The maximum atomic E-state index is 11.6. The first-order valence-electron chi connectivity index (χ1n) is 4.95. The number of rotatable bonds is 5. The van der Waals surface area contributed by atoms with Crippen LogP contribution in [-0.2, 0) is 4.79 Å². The molecule has 78 valence electrons. The van der Waals surface area contributed by atoms with Gasteiger partial charge < -0.3 is 10.2 Å². The third-order valence-corrected chi connectivity index (χ3v) is 2.46. The third kappa shape index (κ3) is 4.27. The van der Waals surface area contributed by atoms with Crippen LogP contribution in [0.4, 0.5) is 0 Å². The Labute approximate surface area is 81.5 Å². The van der Waals surface area contributed by atoms with Gasteiger partial charge in [-0.25, -0.2) is 0 Å². The van der Waals surface area contributed by atoms with Crippen LogP contribution in [0.25, 0.3) is 0 Å². The fourth-order valence-corrected chi connectivity index (χ4v) is 1.14. The lowest BCUT2D eigenvalue weighted by molar-refractivity contribution is -0.132. The number of hydrogen-bond acceptors (Lipinski definition) is 2. The van der Waals surface area contributed by atoms with E-state index in [4.69, 9.17) is 0 Å². The number of hydrogen-bond donors (Lipinski definition) is 1. The maximum absolute atomic E-state index is 11.6. The molecule has 0 fully saturated rings. The van der Waals surface area contributed by atoms with Gasteiger partial charge in [-0.2, -0.15) is 0 Å². The number of nitrogens with one attached hydrogen (secondary N) is 1. The lowest BCUT2D eigenvalue weighted by Gasteiger charge is -2.23. The van der Waals surface area contributed by atoms with Crippen LogP contribution < -0.4 is 5.32 Å². The van der Waals surface area contributed by atoms with Gasteiger partial charge in [0.15, 0.2) is 0 Å². The van der Waals surface area contributed by atoms with E-state index < -0.39 is 0 Å². The molecule has 0 aromatic rings. The van der Waals surface area contributed by atoms with Crippen molar-refractivity contribution in [1.29, 1.82) is 0 Å². The normalized spacial score (nSPS) is 15.2. The van der Waals surface area contributed by atoms with Gasteiger partial charge in [0.1, 0.15) is 0 Å². The van der Waals surface area contributed by atoms with Gasteiger partial charge in [-0.05, 0) is 19.9 Å². The fraction of sp³-hybridized carbons (Fsp3) is 0.900. The molecule has 3 nitrogen and oxygen atoms in total. The first-order chi connectivity index (χ1) is 6.02. The van der Waals surface area contributed by atoms with Gasteiger partial charge in [0.25, 0.3) is 0 Å². The predicted octanol–water partition coefficient (Wildman–Crippen LogP) is 1.10. The predicted molar refractivity (Wildman–Crippen MR) is 55.6 cm³/mol. The minimum atomic E-state index is -0.0749. The van der Waals surface area contributed by atoms with E-state index >= 15 is 0 Å². The second-order valence-electron chi connectivity index (χ2n) is 3.74. The molecule has 0 heterocycles. The lowest BCUT2D eigenvalue weighted by Crippen LogP contribution is -2.43. The smallest absolute Gasteiger partial charge is 0.239 e. The Hall–Kier alpha value is -0.570. The summed E-state index contributed by atoms with van der Waals surface area (Å²) in [6, 6.07) is -0.0749. The van der Waals surface area contributed by atoms with Gasteiger partial charge in [0.05, 0.1) is 6.04 Å². The van der Waals surface area contributed by atoms with Crippen LogP contribution in [0.15, 0.2) is 0 Å².